The van der Waals surface area contributed by atoms with Crippen LogP contribution in [0.5, 0.6) is 11.6 Å². The second-order valence-corrected chi connectivity index (χ2v) is 7.10. The summed E-state index contributed by atoms with van der Waals surface area (Å²) < 4.78 is 28.9. The van der Waals surface area contributed by atoms with Crippen LogP contribution in [0.3, 0.4) is 0 Å². The lowest BCUT2D eigenvalue weighted by Gasteiger charge is -2.30. The summed E-state index contributed by atoms with van der Waals surface area (Å²) in [6, 6.07) is 4.20. The molecule has 164 valence electrons. The summed E-state index contributed by atoms with van der Waals surface area (Å²) in [5.74, 6) is -2.79. The third kappa shape index (κ3) is 4.61. The molecule has 1 aromatic heterocycles. The quantitative estimate of drug-likeness (QED) is 0.624. The Kier molecular flexibility index (Phi) is 6.74. The van der Waals surface area contributed by atoms with E-state index in [0.717, 1.165) is 6.92 Å². The number of benzene rings is 1. The van der Waals surface area contributed by atoms with Crippen molar-refractivity contribution in [1.29, 1.82) is 0 Å². The smallest absolute Gasteiger partial charge is 0.357 e. The number of esters is 2. The van der Waals surface area contributed by atoms with Gasteiger partial charge in [0, 0.05) is 25.6 Å². The molecule has 2 heterocycles. The van der Waals surface area contributed by atoms with Gasteiger partial charge in [0.2, 0.25) is 0 Å². The predicted molar refractivity (Wildman–Crippen MR) is 108 cm³/mol. The normalized spacial score (nSPS) is 12.9. The van der Waals surface area contributed by atoms with Gasteiger partial charge in [0.25, 0.3) is 11.8 Å². The fraction of sp³-hybridized carbons (Fsp3) is 0.333. The fourth-order valence-corrected chi connectivity index (χ4v) is 3.53. The third-order valence-electron chi connectivity index (χ3n) is 4.63. The first kappa shape index (κ1) is 22.5. The standard InChI is InChI=1S/C21H20ClFN2O6/c1-4-30-21(28)17-13-7-8-25(10-12-5-6-15(23)14(22)9-12)20(27)16(13)18(29-3)19(24-17)31-11(2)26/h5-6,9H,4,7-8,10H2,1-3H3. The van der Waals surface area contributed by atoms with E-state index in [0.29, 0.717) is 11.1 Å². The average Bonchev–Trinajstić information content (AvgIpc) is 2.72. The van der Waals surface area contributed by atoms with Crippen molar-refractivity contribution in [3.8, 4) is 11.6 Å². The number of hydrogen-bond acceptors (Lipinski definition) is 7. The van der Waals surface area contributed by atoms with Crippen LogP contribution in [0, 0.1) is 5.82 Å². The summed E-state index contributed by atoms with van der Waals surface area (Å²) in [6.07, 6.45) is 0.286. The summed E-state index contributed by atoms with van der Waals surface area (Å²) in [4.78, 5) is 42.9. The highest BCUT2D eigenvalue weighted by molar-refractivity contribution is 6.30. The minimum Gasteiger partial charge on any atom is -0.491 e. The topological polar surface area (TPSA) is 95.0 Å². The molecule has 1 aromatic carbocycles. The Balaban J connectivity index is 2.07. The molecule has 0 bridgehead atoms. The van der Waals surface area contributed by atoms with Crippen LogP contribution in [0.4, 0.5) is 4.39 Å². The molecule has 10 heteroatoms. The molecule has 1 aliphatic heterocycles. The highest BCUT2D eigenvalue weighted by atomic mass is 35.5. The van der Waals surface area contributed by atoms with Crippen molar-refractivity contribution >= 4 is 29.4 Å². The SMILES string of the molecule is CCOC(=O)c1nc(OC(C)=O)c(OC)c2c1CCN(Cc1ccc(F)c(Cl)c1)C2=O. The molecule has 0 saturated heterocycles. The van der Waals surface area contributed by atoms with E-state index < -0.39 is 23.7 Å². The molecule has 0 fully saturated rings. The first-order chi connectivity index (χ1) is 14.8. The largest absolute Gasteiger partial charge is 0.491 e. The van der Waals surface area contributed by atoms with Crippen molar-refractivity contribution in [2.45, 2.75) is 26.8 Å². The Morgan fingerprint density at radius 3 is 2.68 bits per heavy atom. The molecule has 0 spiro atoms. The maximum absolute atomic E-state index is 13.5. The maximum Gasteiger partial charge on any atom is 0.357 e. The van der Waals surface area contributed by atoms with E-state index in [1.54, 1.807) is 6.92 Å². The zero-order chi connectivity index (χ0) is 22.7. The number of pyridine rings is 1. The van der Waals surface area contributed by atoms with Gasteiger partial charge in [-0.15, -0.1) is 0 Å². The van der Waals surface area contributed by atoms with Gasteiger partial charge in [-0.1, -0.05) is 17.7 Å². The van der Waals surface area contributed by atoms with Crippen molar-refractivity contribution in [2.24, 2.45) is 0 Å². The van der Waals surface area contributed by atoms with E-state index in [-0.39, 0.29) is 54.0 Å². The van der Waals surface area contributed by atoms with Gasteiger partial charge in [-0.25, -0.2) is 14.2 Å². The number of rotatable bonds is 6. The highest BCUT2D eigenvalue weighted by Crippen LogP contribution is 2.37. The number of amides is 1. The van der Waals surface area contributed by atoms with E-state index in [9.17, 15) is 18.8 Å². The van der Waals surface area contributed by atoms with Gasteiger partial charge in [-0.3, -0.25) is 9.59 Å². The van der Waals surface area contributed by atoms with Crippen LogP contribution >= 0.6 is 11.6 Å². The van der Waals surface area contributed by atoms with E-state index in [2.05, 4.69) is 4.98 Å². The molecule has 0 saturated carbocycles. The van der Waals surface area contributed by atoms with Gasteiger partial charge >= 0.3 is 11.9 Å². The summed E-state index contributed by atoms with van der Waals surface area (Å²) in [5, 5.41) is -0.0501. The van der Waals surface area contributed by atoms with Gasteiger partial charge in [0.15, 0.2) is 11.4 Å². The molecule has 0 unspecified atom stereocenters. The average molecular weight is 451 g/mol. The molecule has 0 aliphatic carbocycles. The number of carbonyl (C=O) groups excluding carboxylic acids is 3. The Morgan fingerprint density at radius 1 is 1.32 bits per heavy atom. The van der Waals surface area contributed by atoms with Crippen LogP contribution in [0.2, 0.25) is 5.02 Å². The number of aromatic nitrogens is 1. The summed E-state index contributed by atoms with van der Waals surface area (Å²) in [5.41, 5.74) is 0.939. The van der Waals surface area contributed by atoms with E-state index in [4.69, 9.17) is 25.8 Å². The van der Waals surface area contributed by atoms with E-state index in [1.165, 1.54) is 30.2 Å². The molecule has 8 nitrogen and oxygen atoms in total. The molecule has 1 aliphatic rings. The van der Waals surface area contributed by atoms with Gasteiger partial charge < -0.3 is 19.1 Å². The van der Waals surface area contributed by atoms with Gasteiger partial charge in [-0.2, -0.15) is 0 Å². The predicted octanol–water partition coefficient (Wildman–Crippen LogP) is 3.18. The van der Waals surface area contributed by atoms with E-state index in [1.807, 2.05) is 0 Å². The Hall–Kier alpha value is -3.20. The third-order valence-corrected chi connectivity index (χ3v) is 4.92. The molecule has 31 heavy (non-hydrogen) atoms. The van der Waals surface area contributed by atoms with Gasteiger partial charge in [0.05, 0.1) is 24.3 Å². The monoisotopic (exact) mass is 450 g/mol. The first-order valence-corrected chi connectivity index (χ1v) is 9.84. The van der Waals surface area contributed by atoms with Crippen molar-refractivity contribution in [3.63, 3.8) is 0 Å². The minimum absolute atomic E-state index is 0.0501. The highest BCUT2D eigenvalue weighted by Gasteiger charge is 2.35. The number of ether oxygens (including phenoxy) is 3. The molecule has 0 atom stereocenters. The molecule has 3 rings (SSSR count). The second kappa shape index (κ2) is 9.30. The van der Waals surface area contributed by atoms with E-state index >= 15 is 0 Å². The lowest BCUT2D eigenvalue weighted by molar-refractivity contribution is -0.132. The summed E-state index contributed by atoms with van der Waals surface area (Å²) in [7, 11) is 1.31. The van der Waals surface area contributed by atoms with Gasteiger partial charge in [0.1, 0.15) is 5.82 Å². The van der Waals surface area contributed by atoms with Crippen LogP contribution in [-0.2, 0) is 22.5 Å². The molecule has 1 amide bonds. The number of halogens is 2. The Morgan fingerprint density at radius 2 is 2.06 bits per heavy atom. The maximum atomic E-state index is 13.5. The minimum atomic E-state index is -0.735. The fourth-order valence-electron chi connectivity index (χ4n) is 3.33. The van der Waals surface area contributed by atoms with Crippen molar-refractivity contribution in [2.75, 3.05) is 20.3 Å². The lowest BCUT2D eigenvalue weighted by Crippen LogP contribution is -2.38. The zero-order valence-electron chi connectivity index (χ0n) is 17.2. The number of carbonyl (C=O) groups is 3. The number of fused-ring (bicyclic) bond motifs is 1. The van der Waals surface area contributed by atoms with Crippen molar-refractivity contribution < 1.29 is 33.0 Å². The van der Waals surface area contributed by atoms with Gasteiger partial charge in [-0.05, 0) is 31.0 Å². The summed E-state index contributed by atoms with van der Waals surface area (Å²) >= 11 is 5.84. The van der Waals surface area contributed by atoms with Crippen molar-refractivity contribution in [1.82, 2.24) is 9.88 Å². The molecular formula is C21H20ClFN2O6. The molecule has 2 aromatic rings. The molecular weight excluding hydrogens is 431 g/mol. The van der Waals surface area contributed by atoms with Crippen LogP contribution < -0.4 is 9.47 Å². The Bertz CT molecular complexity index is 1060. The van der Waals surface area contributed by atoms with Crippen LogP contribution in [0.15, 0.2) is 18.2 Å². The molecule has 0 radical (unpaired) electrons. The van der Waals surface area contributed by atoms with Crippen LogP contribution in [0.25, 0.3) is 0 Å². The number of methoxy groups -OCH3 is 1. The van der Waals surface area contributed by atoms with Crippen LogP contribution in [0.1, 0.15) is 45.8 Å². The molecule has 0 N–H and O–H groups in total. The number of nitrogens with zero attached hydrogens (tertiary/aromatic N) is 2. The first-order valence-electron chi connectivity index (χ1n) is 9.46. The Labute approximate surface area is 182 Å². The second-order valence-electron chi connectivity index (χ2n) is 6.69. The lowest BCUT2D eigenvalue weighted by atomic mass is 9.96. The summed E-state index contributed by atoms with van der Waals surface area (Å²) in [6.45, 7) is 3.33. The number of hydrogen-bond donors (Lipinski definition) is 0. The zero-order valence-corrected chi connectivity index (χ0v) is 17.9. The van der Waals surface area contributed by atoms with Crippen molar-refractivity contribution in [3.05, 3.63) is 51.4 Å². The van der Waals surface area contributed by atoms with Crippen LogP contribution in [-0.4, -0.2) is 48.0 Å².